The van der Waals surface area contributed by atoms with Gasteiger partial charge in [0.2, 0.25) is 0 Å². The van der Waals surface area contributed by atoms with Gasteiger partial charge < -0.3 is 4.90 Å². The molecule has 2 heterocycles. The molecule has 0 aromatic heterocycles. The van der Waals surface area contributed by atoms with Gasteiger partial charge in [-0.25, -0.2) is 0 Å². The minimum Gasteiger partial charge on any atom is -0.370 e. The summed E-state index contributed by atoms with van der Waals surface area (Å²) >= 11 is 2.51. The van der Waals surface area contributed by atoms with Crippen LogP contribution in [0.5, 0.6) is 0 Å². The highest BCUT2D eigenvalue weighted by molar-refractivity contribution is 14.1. The van der Waals surface area contributed by atoms with E-state index in [9.17, 15) is 0 Å². The topological polar surface area (TPSA) is 3.24 Å². The lowest BCUT2D eigenvalue weighted by Crippen LogP contribution is -2.43. The normalized spacial score (nSPS) is 36.0. The summed E-state index contributed by atoms with van der Waals surface area (Å²) in [5, 5.41) is 0. The maximum absolute atomic E-state index is 2.71. The standard InChI is InChI=1S/C18H18IN/c19-13-7-16-14-5-1-3-11(14)9-20-10-12-4-2-6-15(12)17(8-13)18(16)20/h1-2,5-8,11-12,14-15H,3-4,9-10H2/t11-,12-,14-,15-/m1/s1. The van der Waals surface area contributed by atoms with Gasteiger partial charge in [0, 0.05) is 34.2 Å². The molecule has 0 spiro atoms. The number of anilines is 1. The van der Waals surface area contributed by atoms with E-state index < -0.39 is 0 Å². The highest BCUT2D eigenvalue weighted by atomic mass is 127. The zero-order valence-electron chi connectivity index (χ0n) is 11.4. The Hall–Kier alpha value is -0.770. The molecule has 2 aliphatic heterocycles. The molecular weight excluding hydrogens is 357 g/mol. The van der Waals surface area contributed by atoms with Crippen molar-refractivity contribution >= 4 is 28.3 Å². The molecular formula is C18H18IN. The van der Waals surface area contributed by atoms with Gasteiger partial charge >= 0.3 is 0 Å². The predicted octanol–water partition coefficient (Wildman–Crippen LogP) is 4.44. The number of rotatable bonds is 0. The van der Waals surface area contributed by atoms with Gasteiger partial charge in [0.05, 0.1) is 0 Å². The molecule has 1 aromatic rings. The van der Waals surface area contributed by atoms with Gasteiger partial charge in [0.1, 0.15) is 0 Å². The Morgan fingerprint density at radius 1 is 0.900 bits per heavy atom. The van der Waals surface area contributed by atoms with E-state index in [0.29, 0.717) is 11.8 Å². The number of benzene rings is 1. The van der Waals surface area contributed by atoms with E-state index in [1.165, 1.54) is 29.5 Å². The average molecular weight is 375 g/mol. The quantitative estimate of drug-likeness (QED) is 0.479. The van der Waals surface area contributed by atoms with Crippen LogP contribution in [0.2, 0.25) is 0 Å². The molecule has 0 N–H and O–H groups in total. The molecule has 4 aliphatic rings. The highest BCUT2D eigenvalue weighted by Gasteiger charge is 2.42. The molecule has 0 saturated carbocycles. The molecule has 1 aromatic carbocycles. The van der Waals surface area contributed by atoms with E-state index in [1.807, 2.05) is 0 Å². The van der Waals surface area contributed by atoms with Gasteiger partial charge in [-0.1, -0.05) is 24.3 Å². The molecule has 1 nitrogen and oxygen atoms in total. The van der Waals surface area contributed by atoms with E-state index in [2.05, 4.69) is 63.9 Å². The van der Waals surface area contributed by atoms with Gasteiger partial charge in [0.15, 0.2) is 0 Å². The minimum absolute atomic E-state index is 0.677. The fraction of sp³-hybridized carbons (Fsp3) is 0.444. The van der Waals surface area contributed by atoms with Crippen molar-refractivity contribution in [3.63, 3.8) is 0 Å². The summed E-state index contributed by atoms with van der Waals surface area (Å²) in [6, 6.07) is 4.88. The molecule has 2 heteroatoms. The van der Waals surface area contributed by atoms with Crippen LogP contribution in [0.25, 0.3) is 0 Å². The molecule has 5 rings (SSSR count). The van der Waals surface area contributed by atoms with E-state index in [1.54, 1.807) is 16.8 Å². The molecule has 0 bridgehead atoms. The van der Waals surface area contributed by atoms with Gasteiger partial charge in [-0.2, -0.15) is 0 Å². The molecule has 20 heavy (non-hydrogen) atoms. The van der Waals surface area contributed by atoms with E-state index in [0.717, 1.165) is 11.8 Å². The first-order chi connectivity index (χ1) is 9.81. The Labute approximate surface area is 133 Å². The average Bonchev–Trinajstić information content (AvgIpc) is 3.06. The molecule has 0 unspecified atom stereocenters. The van der Waals surface area contributed by atoms with Crippen molar-refractivity contribution < 1.29 is 0 Å². The maximum Gasteiger partial charge on any atom is 0.0444 e. The Morgan fingerprint density at radius 3 is 2.00 bits per heavy atom. The summed E-state index contributed by atoms with van der Waals surface area (Å²) in [5.74, 6) is 2.99. The summed E-state index contributed by atoms with van der Waals surface area (Å²) in [5.41, 5.74) is 4.80. The van der Waals surface area contributed by atoms with Crippen molar-refractivity contribution in [1.29, 1.82) is 0 Å². The van der Waals surface area contributed by atoms with Crippen LogP contribution in [0.15, 0.2) is 36.4 Å². The summed E-state index contributed by atoms with van der Waals surface area (Å²) in [7, 11) is 0. The molecule has 2 aliphatic carbocycles. The van der Waals surface area contributed by atoms with Crippen molar-refractivity contribution in [2.75, 3.05) is 18.0 Å². The predicted molar refractivity (Wildman–Crippen MR) is 91.3 cm³/mol. The number of nitrogens with zero attached hydrogens (tertiary/aromatic N) is 1. The smallest absolute Gasteiger partial charge is 0.0444 e. The van der Waals surface area contributed by atoms with Crippen LogP contribution in [0.1, 0.15) is 35.8 Å². The largest absolute Gasteiger partial charge is 0.370 e. The lowest BCUT2D eigenvalue weighted by atomic mass is 9.75. The van der Waals surface area contributed by atoms with Crippen LogP contribution in [-0.2, 0) is 0 Å². The number of fused-ring (bicyclic) bond motifs is 4. The van der Waals surface area contributed by atoms with Gasteiger partial charge in [0.25, 0.3) is 0 Å². The Morgan fingerprint density at radius 2 is 1.45 bits per heavy atom. The second-order valence-corrected chi connectivity index (χ2v) is 7.98. The molecule has 0 saturated heterocycles. The second-order valence-electron chi connectivity index (χ2n) is 6.74. The van der Waals surface area contributed by atoms with E-state index in [-0.39, 0.29) is 0 Å². The highest BCUT2D eigenvalue weighted by Crippen LogP contribution is 2.53. The van der Waals surface area contributed by atoms with Crippen molar-refractivity contribution in [2.24, 2.45) is 11.8 Å². The Bertz CT molecular complexity index is 594. The molecule has 0 amide bonds. The number of hydrogen-bond donors (Lipinski definition) is 0. The van der Waals surface area contributed by atoms with Crippen molar-refractivity contribution in [3.8, 4) is 0 Å². The van der Waals surface area contributed by atoms with Crippen molar-refractivity contribution in [1.82, 2.24) is 0 Å². The SMILES string of the molecule is Ic1cc2c3c(c1)[C@@H]1C=CC[C@@H]1CN3C[C@H]1CC=C[C@@H]21. The van der Waals surface area contributed by atoms with Gasteiger partial charge in [-0.15, -0.1) is 0 Å². The zero-order valence-corrected chi connectivity index (χ0v) is 13.6. The molecule has 0 radical (unpaired) electrons. The lowest BCUT2D eigenvalue weighted by molar-refractivity contribution is 0.410. The van der Waals surface area contributed by atoms with Crippen LogP contribution < -0.4 is 4.90 Å². The molecule has 0 fully saturated rings. The van der Waals surface area contributed by atoms with Crippen LogP contribution in [-0.4, -0.2) is 13.1 Å². The number of hydrogen-bond acceptors (Lipinski definition) is 1. The summed E-state index contributed by atoms with van der Waals surface area (Å²) < 4.78 is 1.42. The second kappa shape index (κ2) is 4.12. The first kappa shape index (κ1) is 11.8. The minimum atomic E-state index is 0.677. The fourth-order valence-corrected chi connectivity index (χ4v) is 5.51. The van der Waals surface area contributed by atoms with Crippen LogP contribution in [0.3, 0.4) is 0 Å². The third-order valence-corrected chi connectivity index (χ3v) is 6.28. The van der Waals surface area contributed by atoms with Gasteiger partial charge in [-0.05, 0) is 70.5 Å². The zero-order chi connectivity index (χ0) is 13.3. The van der Waals surface area contributed by atoms with Crippen LogP contribution in [0, 0.1) is 15.4 Å². The number of allylic oxidation sites excluding steroid dienone is 4. The molecule has 4 atom stereocenters. The maximum atomic E-state index is 2.71. The summed E-state index contributed by atoms with van der Waals surface area (Å²) in [4.78, 5) is 2.71. The van der Waals surface area contributed by atoms with E-state index >= 15 is 0 Å². The van der Waals surface area contributed by atoms with Crippen LogP contribution in [0.4, 0.5) is 5.69 Å². The lowest BCUT2D eigenvalue weighted by Gasteiger charge is -2.46. The summed E-state index contributed by atoms with van der Waals surface area (Å²) in [6.45, 7) is 2.53. The van der Waals surface area contributed by atoms with E-state index in [4.69, 9.17) is 0 Å². The Kier molecular flexibility index (Phi) is 2.44. The van der Waals surface area contributed by atoms with Gasteiger partial charge in [-0.3, -0.25) is 0 Å². The third-order valence-electron chi connectivity index (χ3n) is 5.66. The Balaban J connectivity index is 1.76. The fourth-order valence-electron chi connectivity index (χ4n) is 4.84. The third kappa shape index (κ3) is 1.49. The molecule has 102 valence electrons. The first-order valence-corrected chi connectivity index (χ1v) is 8.81. The summed E-state index contributed by atoms with van der Waals surface area (Å²) in [6.07, 6.45) is 12.3. The first-order valence-electron chi connectivity index (χ1n) is 7.73. The van der Waals surface area contributed by atoms with Crippen molar-refractivity contribution in [3.05, 3.63) is 51.1 Å². The van der Waals surface area contributed by atoms with Crippen LogP contribution >= 0.6 is 22.6 Å². The number of halogens is 1. The van der Waals surface area contributed by atoms with Crippen molar-refractivity contribution in [2.45, 2.75) is 24.7 Å². The monoisotopic (exact) mass is 375 g/mol.